The van der Waals surface area contributed by atoms with Crippen LogP contribution in [0, 0.1) is 29.6 Å². The second-order valence-electron chi connectivity index (χ2n) is 7.22. The van der Waals surface area contributed by atoms with Crippen molar-refractivity contribution in [3.8, 4) is 17.6 Å². The lowest BCUT2D eigenvalue weighted by Crippen LogP contribution is -2.36. The molecule has 0 aromatic heterocycles. The number of methoxy groups -OCH3 is 1. The predicted octanol–water partition coefficient (Wildman–Crippen LogP) is 1.47. The van der Waals surface area contributed by atoms with Crippen LogP contribution >= 0.6 is 0 Å². The summed E-state index contributed by atoms with van der Waals surface area (Å²) in [6.45, 7) is 0.0412. The number of nitrogens with zero attached hydrogens (tertiary/aromatic N) is 1. The van der Waals surface area contributed by atoms with Crippen molar-refractivity contribution >= 4 is 11.7 Å². The summed E-state index contributed by atoms with van der Waals surface area (Å²) < 4.78 is 5.12. The Kier molecular flexibility index (Phi) is 6.55. The Hall–Kier alpha value is -2.56. The van der Waals surface area contributed by atoms with Crippen LogP contribution < -0.4 is 4.74 Å². The second kappa shape index (κ2) is 9.09. The van der Waals surface area contributed by atoms with Gasteiger partial charge in [-0.25, -0.2) is 0 Å². The van der Waals surface area contributed by atoms with E-state index in [1.807, 2.05) is 24.3 Å². The average molecular weight is 387 g/mol. The van der Waals surface area contributed by atoms with E-state index >= 15 is 0 Å². The lowest BCUT2D eigenvalue weighted by Gasteiger charge is -2.33. The number of aliphatic hydroxyl groups excluding tert-OH is 2. The average Bonchev–Trinajstić information content (AvgIpc) is 2.91. The van der Waals surface area contributed by atoms with Crippen LogP contribution in [0.2, 0.25) is 0 Å². The van der Waals surface area contributed by atoms with Gasteiger partial charge in [0.1, 0.15) is 18.5 Å². The summed E-state index contributed by atoms with van der Waals surface area (Å²) in [5.74, 6) is 5.92. The quantitative estimate of drug-likeness (QED) is 0.371. The van der Waals surface area contributed by atoms with Crippen LogP contribution in [0.4, 0.5) is 0 Å². The van der Waals surface area contributed by atoms with Gasteiger partial charge < -0.3 is 24.9 Å². The molecule has 0 radical (unpaired) electrons. The largest absolute Gasteiger partial charge is 0.497 e. The molecule has 2 fully saturated rings. The first kappa shape index (κ1) is 20.2. The van der Waals surface area contributed by atoms with Gasteiger partial charge in [-0.05, 0) is 36.5 Å². The van der Waals surface area contributed by atoms with Gasteiger partial charge in [-0.15, -0.1) is 0 Å². The second-order valence-corrected chi connectivity index (χ2v) is 7.22. The Bertz CT molecular complexity index is 778. The molecule has 5 atom stereocenters. The van der Waals surface area contributed by atoms with Crippen molar-refractivity contribution in [3.05, 3.63) is 29.8 Å². The third kappa shape index (κ3) is 4.83. The molecule has 0 aliphatic heterocycles. The number of carboxylic acids is 1. The molecule has 5 unspecified atom stereocenters. The van der Waals surface area contributed by atoms with E-state index in [9.17, 15) is 15.0 Å². The third-order valence-electron chi connectivity index (χ3n) is 5.35. The summed E-state index contributed by atoms with van der Waals surface area (Å²) in [6, 6.07) is 7.47. The monoisotopic (exact) mass is 387 g/mol. The van der Waals surface area contributed by atoms with E-state index in [-0.39, 0.29) is 30.8 Å². The fourth-order valence-corrected chi connectivity index (χ4v) is 3.80. The molecule has 1 aromatic carbocycles. The first-order valence-electron chi connectivity index (χ1n) is 9.38. The van der Waals surface area contributed by atoms with E-state index in [1.165, 1.54) is 0 Å². The van der Waals surface area contributed by atoms with Crippen molar-refractivity contribution in [1.29, 1.82) is 0 Å². The minimum Gasteiger partial charge on any atom is -0.497 e. The first-order valence-corrected chi connectivity index (χ1v) is 9.38. The van der Waals surface area contributed by atoms with Crippen LogP contribution in [-0.4, -0.2) is 52.9 Å². The normalized spacial score (nSPS) is 27.9. The maximum Gasteiger partial charge on any atom is 0.306 e. The molecule has 0 spiro atoms. The van der Waals surface area contributed by atoms with Crippen molar-refractivity contribution in [2.24, 2.45) is 22.9 Å². The number of benzene rings is 1. The highest BCUT2D eigenvalue weighted by atomic mass is 16.6. The molecule has 2 aliphatic rings. The van der Waals surface area contributed by atoms with Gasteiger partial charge in [0.2, 0.25) is 0 Å². The van der Waals surface area contributed by atoms with Gasteiger partial charge in [-0.2, -0.15) is 0 Å². The fourth-order valence-electron chi connectivity index (χ4n) is 3.80. The number of rotatable bonds is 7. The van der Waals surface area contributed by atoms with E-state index in [4.69, 9.17) is 14.7 Å². The van der Waals surface area contributed by atoms with Crippen molar-refractivity contribution in [2.75, 3.05) is 13.7 Å². The van der Waals surface area contributed by atoms with E-state index < -0.39 is 18.2 Å². The molecule has 150 valence electrons. The SMILES string of the molecule is COc1ccc(CC(O)C#CC2C(O)CC3C(=NOCCC(=O)O)CC32)cc1. The van der Waals surface area contributed by atoms with Crippen molar-refractivity contribution in [2.45, 2.75) is 37.9 Å². The molecule has 0 heterocycles. The van der Waals surface area contributed by atoms with Crippen LogP contribution in [0.5, 0.6) is 5.75 Å². The molecule has 28 heavy (non-hydrogen) atoms. The van der Waals surface area contributed by atoms with Crippen LogP contribution in [0.25, 0.3) is 0 Å². The zero-order chi connectivity index (χ0) is 20.1. The summed E-state index contributed by atoms with van der Waals surface area (Å²) in [5.41, 5.74) is 1.82. The van der Waals surface area contributed by atoms with Crippen LogP contribution in [0.1, 0.15) is 24.8 Å². The number of aliphatic hydroxyl groups is 2. The Morgan fingerprint density at radius 3 is 2.79 bits per heavy atom. The highest BCUT2D eigenvalue weighted by Gasteiger charge is 2.51. The molecule has 0 bridgehead atoms. The van der Waals surface area contributed by atoms with Crippen LogP contribution in [-0.2, 0) is 16.1 Å². The number of carboxylic acid groups (broad SMARTS) is 1. The number of fused-ring (bicyclic) bond motifs is 1. The number of hydrogen-bond donors (Lipinski definition) is 3. The van der Waals surface area contributed by atoms with E-state index in [1.54, 1.807) is 7.11 Å². The van der Waals surface area contributed by atoms with E-state index in [2.05, 4.69) is 17.0 Å². The summed E-state index contributed by atoms with van der Waals surface area (Å²) in [6.07, 6.45) is 0.225. The van der Waals surface area contributed by atoms with E-state index in [0.717, 1.165) is 17.0 Å². The highest BCUT2D eigenvalue weighted by molar-refractivity contribution is 5.93. The molecular weight excluding hydrogens is 362 g/mol. The number of hydrogen-bond acceptors (Lipinski definition) is 6. The van der Waals surface area contributed by atoms with Gasteiger partial charge >= 0.3 is 5.97 Å². The van der Waals surface area contributed by atoms with Gasteiger partial charge in [0.25, 0.3) is 0 Å². The molecule has 3 N–H and O–H groups in total. The Labute approximate surface area is 164 Å². The van der Waals surface area contributed by atoms with Gasteiger partial charge in [0.15, 0.2) is 0 Å². The summed E-state index contributed by atoms with van der Waals surface area (Å²) in [4.78, 5) is 15.5. The molecule has 0 amide bonds. The van der Waals surface area contributed by atoms with Gasteiger partial charge in [0, 0.05) is 12.3 Å². The minimum absolute atomic E-state index is 0.0412. The molecule has 7 heteroatoms. The lowest BCUT2D eigenvalue weighted by molar-refractivity contribution is -0.138. The Balaban J connectivity index is 1.51. The Morgan fingerprint density at radius 1 is 1.36 bits per heavy atom. The lowest BCUT2D eigenvalue weighted by atomic mass is 9.71. The van der Waals surface area contributed by atoms with Crippen molar-refractivity contribution < 1.29 is 29.7 Å². The molecule has 1 aromatic rings. The zero-order valence-corrected chi connectivity index (χ0v) is 15.7. The maximum atomic E-state index is 10.5. The minimum atomic E-state index is -0.925. The summed E-state index contributed by atoms with van der Waals surface area (Å²) in [5, 5.41) is 33.1. The predicted molar refractivity (Wildman–Crippen MR) is 102 cm³/mol. The van der Waals surface area contributed by atoms with Gasteiger partial charge in [-0.3, -0.25) is 4.79 Å². The standard InChI is InChI=1S/C21H25NO6/c1-27-15-5-2-13(3-6-15)10-14(23)4-7-16-17-11-19(18(17)12-20(16)24)22-28-9-8-21(25)26/h2-3,5-6,14,16-18,20,23-24H,8-12H2,1H3,(H,25,26). The maximum absolute atomic E-state index is 10.5. The van der Waals surface area contributed by atoms with Crippen molar-refractivity contribution in [3.63, 3.8) is 0 Å². The molecule has 2 aliphatic carbocycles. The number of oxime groups is 1. The third-order valence-corrected chi connectivity index (χ3v) is 5.35. The summed E-state index contributed by atoms with van der Waals surface area (Å²) in [7, 11) is 1.61. The molecule has 0 saturated heterocycles. The van der Waals surface area contributed by atoms with E-state index in [0.29, 0.717) is 19.3 Å². The van der Waals surface area contributed by atoms with Crippen LogP contribution in [0.15, 0.2) is 29.4 Å². The number of carbonyl (C=O) groups is 1. The summed E-state index contributed by atoms with van der Waals surface area (Å²) >= 11 is 0. The molecule has 7 nitrogen and oxygen atoms in total. The molecule has 2 saturated carbocycles. The highest BCUT2D eigenvalue weighted by Crippen LogP contribution is 2.48. The molecule has 3 rings (SSSR count). The smallest absolute Gasteiger partial charge is 0.306 e. The van der Waals surface area contributed by atoms with Gasteiger partial charge in [0.05, 0.1) is 31.3 Å². The van der Waals surface area contributed by atoms with Gasteiger partial charge in [-0.1, -0.05) is 29.1 Å². The number of ether oxygens (including phenoxy) is 1. The fraction of sp³-hybridized carbons (Fsp3) is 0.524. The molecular formula is C21H25NO6. The van der Waals surface area contributed by atoms with Crippen LogP contribution in [0.3, 0.4) is 0 Å². The van der Waals surface area contributed by atoms with Crippen molar-refractivity contribution in [1.82, 2.24) is 0 Å². The number of aliphatic carboxylic acids is 1. The first-order chi connectivity index (χ1) is 13.5. The zero-order valence-electron chi connectivity index (χ0n) is 15.7. The Morgan fingerprint density at radius 2 is 2.11 bits per heavy atom. The topological polar surface area (TPSA) is 109 Å².